The Morgan fingerprint density at radius 1 is 0.829 bits per heavy atom. The van der Waals surface area contributed by atoms with Crippen molar-refractivity contribution in [1.82, 2.24) is 15.6 Å². The molecule has 3 rings (SSSR count). The second-order valence-electron chi connectivity index (χ2n) is 8.03. The topological polar surface area (TPSA) is 118 Å². The Morgan fingerprint density at radius 2 is 1.49 bits per heavy atom. The van der Waals surface area contributed by atoms with Crippen LogP contribution in [0.4, 0.5) is 4.79 Å². The molecular weight excluding hydrogens is 446 g/mol. The zero-order valence-electron chi connectivity index (χ0n) is 19.3. The fourth-order valence-corrected chi connectivity index (χ4v) is 3.53. The van der Waals surface area contributed by atoms with Crippen LogP contribution in [-0.2, 0) is 33.8 Å². The van der Waals surface area contributed by atoms with Crippen molar-refractivity contribution < 1.29 is 24.2 Å². The van der Waals surface area contributed by atoms with Gasteiger partial charge in [0.05, 0.1) is 6.04 Å². The van der Waals surface area contributed by atoms with Gasteiger partial charge in [0.1, 0.15) is 19.3 Å². The van der Waals surface area contributed by atoms with Crippen molar-refractivity contribution in [3.63, 3.8) is 0 Å². The number of rotatable bonds is 12. The van der Waals surface area contributed by atoms with Gasteiger partial charge in [-0.15, -0.1) is 0 Å². The van der Waals surface area contributed by atoms with Gasteiger partial charge >= 0.3 is 6.09 Å². The van der Waals surface area contributed by atoms with Gasteiger partial charge in [-0.05, 0) is 30.0 Å². The number of carbonyl (C=O) groups excluding carboxylic acids is 3. The van der Waals surface area contributed by atoms with Gasteiger partial charge in [0.2, 0.25) is 5.91 Å². The first-order valence-corrected chi connectivity index (χ1v) is 11.4. The number of benzene rings is 2. The quantitative estimate of drug-likeness (QED) is 0.371. The Bertz CT molecular complexity index is 1080. The number of hydrogen-bond donors (Lipinski definition) is 3. The summed E-state index contributed by atoms with van der Waals surface area (Å²) in [6, 6.07) is 20.4. The Kier molecular flexibility index (Phi) is 9.95. The van der Waals surface area contributed by atoms with E-state index in [1.807, 2.05) is 60.7 Å². The molecule has 1 heterocycles. The normalized spacial score (nSPS) is 12.3. The summed E-state index contributed by atoms with van der Waals surface area (Å²) in [6.07, 6.45) is 3.50. The van der Waals surface area contributed by atoms with E-state index in [1.54, 1.807) is 24.5 Å². The predicted molar refractivity (Wildman–Crippen MR) is 130 cm³/mol. The summed E-state index contributed by atoms with van der Waals surface area (Å²) in [6.45, 7) is -0.689. The number of aromatic nitrogens is 1. The van der Waals surface area contributed by atoms with Crippen LogP contribution in [0.5, 0.6) is 0 Å². The fraction of sp³-hybridized carbons (Fsp3) is 0.259. The van der Waals surface area contributed by atoms with E-state index in [-0.39, 0.29) is 13.0 Å². The number of pyridine rings is 1. The third-order valence-corrected chi connectivity index (χ3v) is 5.41. The highest BCUT2D eigenvalue weighted by molar-refractivity contribution is 5.92. The number of hydrogen-bond acceptors (Lipinski definition) is 6. The zero-order chi connectivity index (χ0) is 24.9. The maximum absolute atomic E-state index is 13.2. The second-order valence-corrected chi connectivity index (χ2v) is 8.03. The third-order valence-electron chi connectivity index (χ3n) is 5.41. The summed E-state index contributed by atoms with van der Waals surface area (Å²) in [5.74, 6) is -1.03. The van der Waals surface area contributed by atoms with Crippen molar-refractivity contribution in [2.24, 2.45) is 0 Å². The summed E-state index contributed by atoms with van der Waals surface area (Å²) in [4.78, 5) is 42.0. The van der Waals surface area contributed by atoms with Crippen LogP contribution in [0.15, 0.2) is 85.2 Å². The van der Waals surface area contributed by atoms with Crippen LogP contribution >= 0.6 is 0 Å². The molecule has 2 atom stereocenters. The first kappa shape index (κ1) is 25.6. The Hall–Kier alpha value is -4.04. The van der Waals surface area contributed by atoms with Gasteiger partial charge in [0.15, 0.2) is 5.78 Å². The van der Waals surface area contributed by atoms with Crippen molar-refractivity contribution in [3.8, 4) is 0 Å². The van der Waals surface area contributed by atoms with Gasteiger partial charge in [0.25, 0.3) is 0 Å². The lowest BCUT2D eigenvalue weighted by Crippen LogP contribution is -2.53. The molecule has 1 aromatic heterocycles. The number of nitrogens with zero attached hydrogens (tertiary/aromatic N) is 1. The second kappa shape index (κ2) is 13.6. The molecule has 3 N–H and O–H groups in total. The van der Waals surface area contributed by atoms with E-state index in [0.717, 1.165) is 11.1 Å². The zero-order valence-corrected chi connectivity index (χ0v) is 19.3. The SMILES string of the molecule is O=C(N[C@H](Cc1ccccc1)C(=O)N[C@@H](CCc1ccccc1)C(=O)CO)OCc1cccnc1. The summed E-state index contributed by atoms with van der Waals surface area (Å²) < 4.78 is 5.25. The minimum Gasteiger partial charge on any atom is -0.445 e. The first-order chi connectivity index (χ1) is 17.0. The molecule has 0 spiro atoms. The summed E-state index contributed by atoms with van der Waals surface area (Å²) >= 11 is 0. The van der Waals surface area contributed by atoms with Crippen molar-refractivity contribution in [2.45, 2.75) is 38.0 Å². The van der Waals surface area contributed by atoms with Crippen molar-refractivity contribution in [2.75, 3.05) is 6.61 Å². The van der Waals surface area contributed by atoms with E-state index in [0.29, 0.717) is 18.4 Å². The molecule has 0 radical (unpaired) electrons. The number of aliphatic hydroxyl groups excluding tert-OH is 1. The number of amides is 2. The highest BCUT2D eigenvalue weighted by atomic mass is 16.5. The van der Waals surface area contributed by atoms with Crippen LogP contribution in [0.3, 0.4) is 0 Å². The van der Waals surface area contributed by atoms with E-state index in [2.05, 4.69) is 15.6 Å². The van der Waals surface area contributed by atoms with Crippen molar-refractivity contribution in [3.05, 3.63) is 102 Å². The molecule has 0 fully saturated rings. The fourth-order valence-electron chi connectivity index (χ4n) is 3.53. The maximum atomic E-state index is 13.2. The summed E-state index contributed by atoms with van der Waals surface area (Å²) in [5, 5.41) is 14.7. The molecule has 8 heteroatoms. The molecule has 0 unspecified atom stereocenters. The van der Waals surface area contributed by atoms with E-state index < -0.39 is 36.5 Å². The first-order valence-electron chi connectivity index (χ1n) is 11.4. The van der Waals surface area contributed by atoms with Crippen molar-refractivity contribution in [1.29, 1.82) is 0 Å². The Morgan fingerprint density at radius 3 is 2.11 bits per heavy atom. The van der Waals surface area contributed by atoms with Crippen LogP contribution in [-0.4, -0.2) is 46.6 Å². The molecule has 0 bridgehead atoms. The Balaban J connectivity index is 1.67. The number of carbonyl (C=O) groups is 3. The van der Waals surface area contributed by atoms with Crippen LogP contribution in [0.25, 0.3) is 0 Å². The summed E-state index contributed by atoms with van der Waals surface area (Å²) in [7, 11) is 0. The highest BCUT2D eigenvalue weighted by Gasteiger charge is 2.27. The highest BCUT2D eigenvalue weighted by Crippen LogP contribution is 2.09. The van der Waals surface area contributed by atoms with Gasteiger partial charge in [0, 0.05) is 24.4 Å². The average molecular weight is 476 g/mol. The average Bonchev–Trinajstić information content (AvgIpc) is 2.90. The van der Waals surface area contributed by atoms with Crippen LogP contribution in [0, 0.1) is 0 Å². The van der Waals surface area contributed by atoms with Crippen LogP contribution < -0.4 is 10.6 Å². The molecule has 182 valence electrons. The van der Waals surface area contributed by atoms with Crippen LogP contribution in [0.2, 0.25) is 0 Å². The minimum atomic E-state index is -0.982. The number of ketones is 1. The minimum absolute atomic E-state index is 0.00203. The van der Waals surface area contributed by atoms with E-state index in [9.17, 15) is 19.5 Å². The lowest BCUT2D eigenvalue weighted by atomic mass is 10.0. The van der Waals surface area contributed by atoms with Crippen molar-refractivity contribution >= 4 is 17.8 Å². The molecule has 2 amide bonds. The predicted octanol–water partition coefficient (Wildman–Crippen LogP) is 2.60. The van der Waals surface area contributed by atoms with Gasteiger partial charge in [-0.25, -0.2) is 4.79 Å². The van der Waals surface area contributed by atoms with E-state index in [4.69, 9.17) is 4.74 Å². The molecule has 2 aromatic carbocycles. The standard InChI is InChI=1S/C27H29N3O5/c31-18-25(32)23(14-13-20-8-3-1-4-9-20)29-26(33)24(16-21-10-5-2-6-11-21)30-27(34)35-19-22-12-7-15-28-17-22/h1-12,15,17,23-24,31H,13-14,16,18-19H2,(H,29,33)(H,30,34)/t23-,24+/m0/s1. The lowest BCUT2D eigenvalue weighted by molar-refractivity contribution is -0.130. The van der Waals surface area contributed by atoms with E-state index >= 15 is 0 Å². The molecule has 0 aliphatic heterocycles. The van der Waals surface area contributed by atoms with E-state index in [1.165, 1.54) is 0 Å². The number of ether oxygens (including phenoxy) is 1. The monoisotopic (exact) mass is 475 g/mol. The number of Topliss-reactive ketones (excluding diaryl/α,β-unsaturated/α-hetero) is 1. The van der Waals surface area contributed by atoms with Gasteiger partial charge in [-0.2, -0.15) is 0 Å². The third kappa shape index (κ3) is 8.68. The molecular formula is C27H29N3O5. The molecule has 35 heavy (non-hydrogen) atoms. The Labute approximate surface area is 204 Å². The molecule has 8 nitrogen and oxygen atoms in total. The number of alkyl carbamates (subject to hydrolysis) is 1. The smallest absolute Gasteiger partial charge is 0.408 e. The molecule has 0 aliphatic rings. The number of aryl methyl sites for hydroxylation is 1. The number of aliphatic hydroxyl groups is 1. The summed E-state index contributed by atoms with van der Waals surface area (Å²) in [5.41, 5.74) is 2.55. The van der Waals surface area contributed by atoms with Crippen LogP contribution in [0.1, 0.15) is 23.1 Å². The largest absolute Gasteiger partial charge is 0.445 e. The van der Waals surface area contributed by atoms with Gasteiger partial charge < -0.3 is 20.5 Å². The molecule has 3 aromatic rings. The van der Waals surface area contributed by atoms with Gasteiger partial charge in [-0.1, -0.05) is 66.7 Å². The molecule has 0 saturated heterocycles. The molecule has 0 saturated carbocycles. The maximum Gasteiger partial charge on any atom is 0.408 e. The van der Waals surface area contributed by atoms with Gasteiger partial charge in [-0.3, -0.25) is 14.6 Å². The number of nitrogens with one attached hydrogen (secondary N) is 2. The molecule has 0 aliphatic carbocycles. The lowest BCUT2D eigenvalue weighted by Gasteiger charge is -2.22.